The standard InChI is InChI=1S/C13H22N2O3S/c1-3-14-9-6-10-19(16,17)15-11-12-7-4-5-8-13(12)18-2/h4-5,7-8,14-15H,3,6,9-11H2,1-2H3. The van der Waals surface area contributed by atoms with Crippen molar-refractivity contribution < 1.29 is 13.2 Å². The van der Waals surface area contributed by atoms with Gasteiger partial charge in [-0.3, -0.25) is 0 Å². The van der Waals surface area contributed by atoms with E-state index >= 15 is 0 Å². The second-order valence-corrected chi connectivity index (χ2v) is 6.09. The lowest BCUT2D eigenvalue weighted by molar-refractivity contribution is 0.409. The molecule has 0 bridgehead atoms. The summed E-state index contributed by atoms with van der Waals surface area (Å²) in [6.07, 6.45) is 0.606. The Morgan fingerprint density at radius 1 is 1.26 bits per heavy atom. The summed E-state index contributed by atoms with van der Waals surface area (Å²) in [6.45, 7) is 3.82. The number of rotatable bonds is 9. The summed E-state index contributed by atoms with van der Waals surface area (Å²) < 4.78 is 31.3. The molecule has 0 radical (unpaired) electrons. The molecule has 0 saturated carbocycles. The topological polar surface area (TPSA) is 67.4 Å². The van der Waals surface area contributed by atoms with Crippen LogP contribution in [-0.4, -0.2) is 34.4 Å². The van der Waals surface area contributed by atoms with E-state index in [0.717, 1.165) is 12.1 Å². The minimum Gasteiger partial charge on any atom is -0.496 e. The number of hydrogen-bond acceptors (Lipinski definition) is 4. The Hall–Kier alpha value is -1.11. The van der Waals surface area contributed by atoms with Gasteiger partial charge in [0, 0.05) is 12.1 Å². The summed E-state index contributed by atoms with van der Waals surface area (Å²) in [6, 6.07) is 7.37. The minimum atomic E-state index is -3.23. The summed E-state index contributed by atoms with van der Waals surface area (Å²) >= 11 is 0. The van der Waals surface area contributed by atoms with Crippen molar-refractivity contribution in [1.29, 1.82) is 0 Å². The lowest BCUT2D eigenvalue weighted by Crippen LogP contribution is -2.28. The van der Waals surface area contributed by atoms with Crippen LogP contribution in [0.2, 0.25) is 0 Å². The van der Waals surface area contributed by atoms with Gasteiger partial charge >= 0.3 is 0 Å². The van der Waals surface area contributed by atoms with Gasteiger partial charge in [-0.15, -0.1) is 0 Å². The van der Waals surface area contributed by atoms with Crippen LogP contribution < -0.4 is 14.8 Å². The van der Waals surface area contributed by atoms with Crippen LogP contribution in [0.15, 0.2) is 24.3 Å². The molecule has 0 spiro atoms. The van der Waals surface area contributed by atoms with Gasteiger partial charge in [-0.1, -0.05) is 25.1 Å². The molecule has 1 aromatic rings. The maximum absolute atomic E-state index is 11.8. The van der Waals surface area contributed by atoms with Gasteiger partial charge in [0.05, 0.1) is 12.9 Å². The van der Waals surface area contributed by atoms with Gasteiger partial charge in [-0.25, -0.2) is 13.1 Å². The first kappa shape index (κ1) is 15.9. The second kappa shape index (κ2) is 8.14. The molecule has 6 heteroatoms. The van der Waals surface area contributed by atoms with E-state index in [1.807, 2.05) is 31.2 Å². The fraction of sp³-hybridized carbons (Fsp3) is 0.538. The van der Waals surface area contributed by atoms with E-state index in [-0.39, 0.29) is 12.3 Å². The molecule has 0 unspecified atom stereocenters. The molecule has 0 atom stereocenters. The lowest BCUT2D eigenvalue weighted by atomic mass is 10.2. The predicted molar refractivity (Wildman–Crippen MR) is 76.8 cm³/mol. The summed E-state index contributed by atoms with van der Waals surface area (Å²) in [4.78, 5) is 0. The lowest BCUT2D eigenvalue weighted by Gasteiger charge is -2.10. The van der Waals surface area contributed by atoms with Crippen molar-refractivity contribution in [3.05, 3.63) is 29.8 Å². The van der Waals surface area contributed by atoms with Crippen LogP contribution in [0.5, 0.6) is 5.75 Å². The molecule has 2 N–H and O–H groups in total. The molecule has 0 aliphatic carbocycles. The van der Waals surface area contributed by atoms with Crippen LogP contribution in [0.3, 0.4) is 0 Å². The molecule has 0 fully saturated rings. The van der Waals surface area contributed by atoms with E-state index in [1.165, 1.54) is 0 Å². The molecule has 0 aliphatic rings. The van der Waals surface area contributed by atoms with Crippen LogP contribution in [-0.2, 0) is 16.6 Å². The Morgan fingerprint density at radius 2 is 2.00 bits per heavy atom. The Balaban J connectivity index is 2.46. The number of methoxy groups -OCH3 is 1. The van der Waals surface area contributed by atoms with Crippen molar-refractivity contribution in [3.8, 4) is 5.75 Å². The van der Waals surface area contributed by atoms with Gasteiger partial charge in [0.25, 0.3) is 0 Å². The normalized spacial score (nSPS) is 11.5. The number of ether oxygens (including phenoxy) is 1. The van der Waals surface area contributed by atoms with Crippen molar-refractivity contribution in [2.45, 2.75) is 19.9 Å². The molecule has 0 heterocycles. The van der Waals surface area contributed by atoms with Crippen molar-refractivity contribution >= 4 is 10.0 Å². The smallest absolute Gasteiger partial charge is 0.211 e. The van der Waals surface area contributed by atoms with E-state index < -0.39 is 10.0 Å². The van der Waals surface area contributed by atoms with Crippen molar-refractivity contribution in [2.75, 3.05) is 26.0 Å². The Bertz CT molecular complexity index is 475. The van der Waals surface area contributed by atoms with Gasteiger partial charge in [-0.2, -0.15) is 0 Å². The van der Waals surface area contributed by atoms with E-state index in [1.54, 1.807) is 7.11 Å². The quantitative estimate of drug-likeness (QED) is 0.667. The molecule has 1 rings (SSSR count). The Kier molecular flexibility index (Phi) is 6.83. The third-order valence-corrected chi connectivity index (χ3v) is 4.10. The van der Waals surface area contributed by atoms with E-state index in [4.69, 9.17) is 4.74 Å². The van der Waals surface area contributed by atoms with E-state index in [0.29, 0.717) is 18.7 Å². The molecular weight excluding hydrogens is 264 g/mol. The van der Waals surface area contributed by atoms with Crippen molar-refractivity contribution in [3.63, 3.8) is 0 Å². The largest absolute Gasteiger partial charge is 0.496 e. The van der Waals surface area contributed by atoms with E-state index in [9.17, 15) is 8.42 Å². The predicted octanol–water partition coefficient (Wildman–Crippen LogP) is 1.11. The number of benzene rings is 1. The molecule has 1 aromatic carbocycles. The Morgan fingerprint density at radius 3 is 2.68 bits per heavy atom. The molecule has 19 heavy (non-hydrogen) atoms. The number of hydrogen-bond donors (Lipinski definition) is 2. The highest BCUT2D eigenvalue weighted by Gasteiger charge is 2.10. The van der Waals surface area contributed by atoms with Gasteiger partial charge in [0.15, 0.2) is 0 Å². The Labute approximate surface area is 115 Å². The number of para-hydroxylation sites is 1. The van der Waals surface area contributed by atoms with Gasteiger partial charge in [0.1, 0.15) is 5.75 Å². The molecule has 0 aliphatic heterocycles. The molecule has 108 valence electrons. The highest BCUT2D eigenvalue weighted by molar-refractivity contribution is 7.89. The zero-order chi connectivity index (χ0) is 14.1. The summed E-state index contributed by atoms with van der Waals surface area (Å²) in [5, 5.41) is 3.10. The highest BCUT2D eigenvalue weighted by Crippen LogP contribution is 2.16. The summed E-state index contributed by atoms with van der Waals surface area (Å²) in [5.41, 5.74) is 0.834. The molecule has 0 saturated heterocycles. The van der Waals surface area contributed by atoms with Crippen molar-refractivity contribution in [2.24, 2.45) is 0 Å². The summed E-state index contributed by atoms with van der Waals surface area (Å²) in [5.74, 6) is 0.827. The molecular formula is C13H22N2O3S. The first-order valence-electron chi connectivity index (χ1n) is 6.39. The average molecular weight is 286 g/mol. The van der Waals surface area contributed by atoms with Gasteiger partial charge in [0.2, 0.25) is 10.0 Å². The van der Waals surface area contributed by atoms with Crippen LogP contribution in [0.1, 0.15) is 18.9 Å². The number of sulfonamides is 1. The third kappa shape index (κ3) is 6.04. The zero-order valence-electron chi connectivity index (χ0n) is 11.5. The maximum atomic E-state index is 11.8. The SMILES string of the molecule is CCNCCCS(=O)(=O)NCc1ccccc1OC. The van der Waals surface area contributed by atoms with E-state index in [2.05, 4.69) is 10.0 Å². The van der Waals surface area contributed by atoms with Gasteiger partial charge in [-0.05, 0) is 25.6 Å². The fourth-order valence-corrected chi connectivity index (χ4v) is 2.72. The molecule has 0 amide bonds. The second-order valence-electron chi connectivity index (χ2n) is 4.16. The first-order valence-corrected chi connectivity index (χ1v) is 8.04. The molecule has 5 nitrogen and oxygen atoms in total. The van der Waals surface area contributed by atoms with Crippen LogP contribution in [0.4, 0.5) is 0 Å². The third-order valence-electron chi connectivity index (χ3n) is 2.69. The average Bonchev–Trinajstić information content (AvgIpc) is 2.42. The monoisotopic (exact) mass is 286 g/mol. The minimum absolute atomic E-state index is 0.134. The van der Waals surface area contributed by atoms with Crippen LogP contribution >= 0.6 is 0 Å². The molecule has 0 aromatic heterocycles. The maximum Gasteiger partial charge on any atom is 0.211 e. The number of nitrogens with one attached hydrogen (secondary N) is 2. The van der Waals surface area contributed by atoms with Gasteiger partial charge < -0.3 is 10.1 Å². The van der Waals surface area contributed by atoms with Crippen LogP contribution in [0, 0.1) is 0 Å². The van der Waals surface area contributed by atoms with Crippen molar-refractivity contribution in [1.82, 2.24) is 10.0 Å². The fourth-order valence-electron chi connectivity index (χ4n) is 1.67. The first-order chi connectivity index (χ1) is 9.09. The summed E-state index contributed by atoms with van der Waals surface area (Å²) in [7, 11) is -1.66. The van der Waals surface area contributed by atoms with Crippen LogP contribution in [0.25, 0.3) is 0 Å². The highest BCUT2D eigenvalue weighted by atomic mass is 32.2. The zero-order valence-corrected chi connectivity index (χ0v) is 12.3.